The summed E-state index contributed by atoms with van der Waals surface area (Å²) in [6, 6.07) is 18.1. The first-order valence-corrected chi connectivity index (χ1v) is 7.96. The predicted molar refractivity (Wildman–Crippen MR) is 93.5 cm³/mol. The Morgan fingerprint density at radius 1 is 1.08 bits per heavy atom. The third-order valence-corrected chi connectivity index (χ3v) is 3.52. The molecule has 1 atom stereocenters. The van der Waals surface area contributed by atoms with Crippen molar-refractivity contribution in [3.8, 4) is 0 Å². The molecule has 0 saturated heterocycles. The van der Waals surface area contributed by atoms with Crippen molar-refractivity contribution in [1.29, 1.82) is 0 Å². The van der Waals surface area contributed by atoms with Gasteiger partial charge in [0.1, 0.15) is 18.9 Å². The Balaban J connectivity index is 2.01. The fraction of sp³-hybridized carbons (Fsp3) is 0.263. The normalized spacial score (nSPS) is 11.6. The zero-order valence-electron chi connectivity index (χ0n) is 14.1. The molecule has 2 aromatic carbocycles. The minimum atomic E-state index is -0.781. The SMILES string of the molecule is COC[C@H](C=O)N(NCc1ccccc1)C(=O)OCc1ccccc1. The van der Waals surface area contributed by atoms with Crippen LogP contribution in [0.1, 0.15) is 11.1 Å². The molecule has 0 spiro atoms. The first-order chi connectivity index (χ1) is 12.2. The van der Waals surface area contributed by atoms with Gasteiger partial charge in [-0.15, -0.1) is 0 Å². The van der Waals surface area contributed by atoms with Crippen LogP contribution in [0.2, 0.25) is 0 Å². The van der Waals surface area contributed by atoms with Gasteiger partial charge in [0.25, 0.3) is 0 Å². The van der Waals surface area contributed by atoms with Crippen LogP contribution in [0.3, 0.4) is 0 Å². The third kappa shape index (κ3) is 6.02. The third-order valence-electron chi connectivity index (χ3n) is 3.52. The molecule has 1 N–H and O–H groups in total. The summed E-state index contributed by atoms with van der Waals surface area (Å²) in [5, 5.41) is 1.17. The summed E-state index contributed by atoms with van der Waals surface area (Å²) >= 11 is 0. The number of carbonyl (C=O) groups excluding carboxylic acids is 2. The molecule has 25 heavy (non-hydrogen) atoms. The highest BCUT2D eigenvalue weighted by Gasteiger charge is 2.25. The van der Waals surface area contributed by atoms with E-state index in [1.165, 1.54) is 12.1 Å². The molecule has 0 saturated carbocycles. The second kappa shape index (κ2) is 10.2. The molecule has 6 nitrogen and oxygen atoms in total. The average molecular weight is 342 g/mol. The predicted octanol–water partition coefficient (Wildman–Crippen LogP) is 2.54. The molecule has 0 aliphatic rings. The molecular weight excluding hydrogens is 320 g/mol. The quantitative estimate of drug-likeness (QED) is 0.560. The number of hydrazine groups is 1. The Kier molecular flexibility index (Phi) is 7.62. The molecule has 1 amide bonds. The highest BCUT2D eigenvalue weighted by atomic mass is 16.6. The van der Waals surface area contributed by atoms with Crippen LogP contribution in [0.4, 0.5) is 4.79 Å². The van der Waals surface area contributed by atoms with E-state index in [1.807, 2.05) is 60.7 Å². The first kappa shape index (κ1) is 18.6. The summed E-state index contributed by atoms with van der Waals surface area (Å²) in [5.74, 6) is 0. The maximum Gasteiger partial charge on any atom is 0.425 e. The molecule has 132 valence electrons. The number of nitrogens with one attached hydrogen (secondary N) is 1. The number of hydrogen-bond donors (Lipinski definition) is 1. The number of aldehydes is 1. The lowest BCUT2D eigenvalue weighted by atomic mass is 10.2. The summed E-state index contributed by atoms with van der Waals surface area (Å²) in [7, 11) is 1.47. The number of nitrogens with zero attached hydrogens (tertiary/aromatic N) is 1. The van der Waals surface area contributed by atoms with Gasteiger partial charge in [-0.2, -0.15) is 0 Å². The number of methoxy groups -OCH3 is 1. The molecule has 0 aliphatic carbocycles. The van der Waals surface area contributed by atoms with Crippen molar-refractivity contribution in [2.75, 3.05) is 13.7 Å². The Morgan fingerprint density at radius 2 is 1.68 bits per heavy atom. The van der Waals surface area contributed by atoms with Crippen LogP contribution in [0.25, 0.3) is 0 Å². The van der Waals surface area contributed by atoms with Crippen molar-refractivity contribution in [2.45, 2.75) is 19.2 Å². The van der Waals surface area contributed by atoms with Crippen molar-refractivity contribution >= 4 is 12.4 Å². The summed E-state index contributed by atoms with van der Waals surface area (Å²) < 4.78 is 10.3. The van der Waals surface area contributed by atoms with E-state index in [0.717, 1.165) is 11.1 Å². The van der Waals surface area contributed by atoms with E-state index >= 15 is 0 Å². The van der Waals surface area contributed by atoms with Crippen LogP contribution in [0.15, 0.2) is 60.7 Å². The van der Waals surface area contributed by atoms with Gasteiger partial charge >= 0.3 is 6.09 Å². The van der Waals surface area contributed by atoms with Crippen LogP contribution >= 0.6 is 0 Å². The van der Waals surface area contributed by atoms with E-state index in [2.05, 4.69) is 5.43 Å². The van der Waals surface area contributed by atoms with Crippen molar-refractivity contribution in [1.82, 2.24) is 10.4 Å². The molecule has 0 heterocycles. The van der Waals surface area contributed by atoms with E-state index in [1.54, 1.807) is 0 Å². The average Bonchev–Trinajstić information content (AvgIpc) is 2.67. The van der Waals surface area contributed by atoms with E-state index in [4.69, 9.17) is 9.47 Å². The minimum Gasteiger partial charge on any atom is -0.444 e. The Hall–Kier alpha value is -2.70. The molecule has 0 aliphatic heterocycles. The second-order valence-electron chi connectivity index (χ2n) is 5.39. The molecule has 6 heteroatoms. The number of rotatable bonds is 9. The number of carbonyl (C=O) groups is 2. The van der Waals surface area contributed by atoms with Crippen LogP contribution in [-0.4, -0.2) is 37.1 Å². The molecule has 2 aromatic rings. The van der Waals surface area contributed by atoms with Crippen molar-refractivity contribution in [3.63, 3.8) is 0 Å². The highest BCUT2D eigenvalue weighted by Crippen LogP contribution is 2.06. The van der Waals surface area contributed by atoms with Gasteiger partial charge < -0.3 is 14.3 Å². The Bertz CT molecular complexity index is 649. The topological polar surface area (TPSA) is 67.9 Å². The van der Waals surface area contributed by atoms with Gasteiger partial charge in [0.05, 0.1) is 6.61 Å². The summed E-state index contributed by atoms with van der Waals surface area (Å²) in [5.41, 5.74) is 4.80. The molecule has 0 unspecified atom stereocenters. The summed E-state index contributed by atoms with van der Waals surface area (Å²) in [4.78, 5) is 23.8. The number of hydrogen-bond acceptors (Lipinski definition) is 5. The molecule has 0 fully saturated rings. The second-order valence-corrected chi connectivity index (χ2v) is 5.39. The molecular formula is C19H22N2O4. The maximum absolute atomic E-state index is 12.4. The van der Waals surface area contributed by atoms with Crippen LogP contribution in [0, 0.1) is 0 Å². The fourth-order valence-electron chi connectivity index (χ4n) is 2.22. The highest BCUT2D eigenvalue weighted by molar-refractivity contribution is 5.73. The van der Waals surface area contributed by atoms with E-state index in [9.17, 15) is 9.59 Å². The largest absolute Gasteiger partial charge is 0.444 e. The van der Waals surface area contributed by atoms with Gasteiger partial charge in [0.2, 0.25) is 0 Å². The van der Waals surface area contributed by atoms with E-state index in [-0.39, 0.29) is 13.2 Å². The van der Waals surface area contributed by atoms with Crippen molar-refractivity contribution < 1.29 is 19.1 Å². The zero-order chi connectivity index (χ0) is 17.9. The van der Waals surface area contributed by atoms with Gasteiger partial charge in [-0.3, -0.25) is 0 Å². The van der Waals surface area contributed by atoms with Gasteiger partial charge in [-0.25, -0.2) is 15.2 Å². The molecule has 0 bridgehead atoms. The lowest BCUT2D eigenvalue weighted by molar-refractivity contribution is -0.115. The lowest BCUT2D eigenvalue weighted by Gasteiger charge is -2.27. The van der Waals surface area contributed by atoms with Gasteiger partial charge in [-0.1, -0.05) is 60.7 Å². The van der Waals surface area contributed by atoms with Gasteiger partial charge in [-0.05, 0) is 11.1 Å². The van der Waals surface area contributed by atoms with E-state index < -0.39 is 12.1 Å². The zero-order valence-corrected chi connectivity index (χ0v) is 14.1. The van der Waals surface area contributed by atoms with Gasteiger partial charge in [0, 0.05) is 13.7 Å². The molecule has 0 aromatic heterocycles. The number of amides is 1. The van der Waals surface area contributed by atoms with Crippen LogP contribution < -0.4 is 5.43 Å². The summed E-state index contributed by atoms with van der Waals surface area (Å²) in [6.45, 7) is 0.586. The Labute approximate surface area is 147 Å². The molecule has 0 radical (unpaired) electrons. The lowest BCUT2D eigenvalue weighted by Crippen LogP contribution is -2.52. The minimum absolute atomic E-state index is 0.0751. The first-order valence-electron chi connectivity index (χ1n) is 7.96. The van der Waals surface area contributed by atoms with Crippen molar-refractivity contribution in [2.24, 2.45) is 0 Å². The standard InChI is InChI=1S/C19H22N2O4/c1-24-15-18(13-22)21(20-12-16-8-4-2-5-9-16)19(23)25-14-17-10-6-3-7-11-17/h2-11,13,18,20H,12,14-15H2,1H3/t18-/m0/s1. The fourth-order valence-corrected chi connectivity index (χ4v) is 2.22. The Morgan fingerprint density at radius 3 is 2.24 bits per heavy atom. The van der Waals surface area contributed by atoms with Gasteiger partial charge in [0.15, 0.2) is 0 Å². The smallest absolute Gasteiger partial charge is 0.425 e. The monoisotopic (exact) mass is 342 g/mol. The van der Waals surface area contributed by atoms with Crippen LogP contribution in [-0.2, 0) is 27.4 Å². The van der Waals surface area contributed by atoms with Crippen molar-refractivity contribution in [3.05, 3.63) is 71.8 Å². The number of ether oxygens (including phenoxy) is 2. The van der Waals surface area contributed by atoms with Crippen LogP contribution in [0.5, 0.6) is 0 Å². The molecule has 2 rings (SSSR count). The van der Waals surface area contributed by atoms with E-state index in [0.29, 0.717) is 12.8 Å². The maximum atomic E-state index is 12.4. The summed E-state index contributed by atoms with van der Waals surface area (Å²) in [6.07, 6.45) is 0.0274. The number of benzene rings is 2.